The van der Waals surface area contributed by atoms with E-state index in [0.29, 0.717) is 0 Å². The number of rotatable bonds is 8. The van der Waals surface area contributed by atoms with E-state index in [1.165, 1.54) is 28.0 Å². The van der Waals surface area contributed by atoms with Crippen LogP contribution in [0.15, 0.2) is 48.0 Å². The maximum Gasteiger partial charge on any atom is 0.0544 e. The molecule has 3 rings (SSSR count). The second-order valence-electron chi connectivity index (χ2n) is 7.98. The Hall–Kier alpha value is -1.29. The first-order valence-corrected chi connectivity index (χ1v) is 11.6. The fourth-order valence-electron chi connectivity index (χ4n) is 3.62. The van der Waals surface area contributed by atoms with Gasteiger partial charge in [-0.2, -0.15) is 0 Å². The molecule has 0 saturated heterocycles. The summed E-state index contributed by atoms with van der Waals surface area (Å²) in [6.45, 7) is 11.5. The first kappa shape index (κ1) is 21.4. The molecule has 0 spiro atoms. The summed E-state index contributed by atoms with van der Waals surface area (Å²) in [6, 6.07) is 8.67. The van der Waals surface area contributed by atoms with Gasteiger partial charge < -0.3 is 0 Å². The van der Waals surface area contributed by atoms with E-state index < -0.39 is 0 Å². The number of halogens is 1. The molecule has 1 aromatic heterocycles. The fraction of sp³-hybridized carbons (Fsp3) is 0.458. The van der Waals surface area contributed by atoms with Gasteiger partial charge in [0.1, 0.15) is 0 Å². The number of hydrogen-bond donors (Lipinski definition) is 0. The first-order valence-electron chi connectivity index (χ1n) is 10.3. The van der Waals surface area contributed by atoms with Crippen LogP contribution >= 0.6 is 23.4 Å². The minimum absolute atomic E-state index is 0.730. The quantitative estimate of drug-likeness (QED) is 0.377. The largest absolute Gasteiger partial charge is 0.299 e. The lowest BCUT2D eigenvalue weighted by Crippen LogP contribution is -2.26. The standard InChI is InChI=1S/C24H31ClN2S/c1-4-13-27-14-11-20-8-10-23(25)24(22(20)12-15-27)28-17-21-9-7-19(16-26-21)6-5-18(2)3/h4,7-10,16,18H,1,5-6,11-15,17H2,2-3H3. The highest BCUT2D eigenvalue weighted by molar-refractivity contribution is 7.98. The summed E-state index contributed by atoms with van der Waals surface area (Å²) in [6.07, 6.45) is 8.49. The molecule has 1 aromatic carbocycles. The molecule has 0 aliphatic carbocycles. The van der Waals surface area contributed by atoms with Crippen LogP contribution in [0.25, 0.3) is 0 Å². The molecule has 0 saturated carbocycles. The average Bonchev–Trinajstić information content (AvgIpc) is 2.89. The van der Waals surface area contributed by atoms with Crippen molar-refractivity contribution >= 4 is 23.4 Å². The van der Waals surface area contributed by atoms with Crippen LogP contribution in [0, 0.1) is 5.92 Å². The average molecular weight is 415 g/mol. The van der Waals surface area contributed by atoms with Gasteiger partial charge in [-0.3, -0.25) is 9.88 Å². The highest BCUT2D eigenvalue weighted by Gasteiger charge is 2.18. The van der Waals surface area contributed by atoms with Crippen LogP contribution in [-0.2, 0) is 25.0 Å². The van der Waals surface area contributed by atoms with Gasteiger partial charge in [-0.15, -0.1) is 18.3 Å². The van der Waals surface area contributed by atoms with E-state index in [9.17, 15) is 0 Å². The Kier molecular flexibility index (Phi) is 8.01. The van der Waals surface area contributed by atoms with Gasteiger partial charge in [-0.1, -0.05) is 43.7 Å². The van der Waals surface area contributed by atoms with E-state index in [4.69, 9.17) is 11.6 Å². The Morgan fingerprint density at radius 3 is 2.75 bits per heavy atom. The number of benzene rings is 1. The van der Waals surface area contributed by atoms with Gasteiger partial charge in [0.15, 0.2) is 0 Å². The molecule has 150 valence electrons. The molecular formula is C24H31ClN2S. The lowest BCUT2D eigenvalue weighted by molar-refractivity contribution is 0.318. The number of thioether (sulfide) groups is 1. The molecule has 0 atom stereocenters. The van der Waals surface area contributed by atoms with Crippen molar-refractivity contribution in [1.29, 1.82) is 0 Å². The van der Waals surface area contributed by atoms with E-state index in [2.05, 4.69) is 54.6 Å². The Balaban J connectivity index is 1.67. The first-order chi connectivity index (χ1) is 13.6. The molecule has 4 heteroatoms. The van der Waals surface area contributed by atoms with Crippen molar-refractivity contribution in [2.75, 3.05) is 19.6 Å². The molecule has 1 aliphatic rings. The minimum atomic E-state index is 0.730. The molecule has 0 N–H and O–H groups in total. The molecule has 0 unspecified atom stereocenters. The van der Waals surface area contributed by atoms with Crippen LogP contribution in [0.3, 0.4) is 0 Å². The molecule has 0 fully saturated rings. The predicted octanol–water partition coefficient (Wildman–Crippen LogP) is 6.20. The zero-order valence-electron chi connectivity index (χ0n) is 17.1. The second-order valence-corrected chi connectivity index (χ2v) is 9.38. The molecular weight excluding hydrogens is 384 g/mol. The molecule has 28 heavy (non-hydrogen) atoms. The number of aromatic nitrogens is 1. The Bertz CT molecular complexity index is 786. The van der Waals surface area contributed by atoms with Crippen molar-refractivity contribution in [1.82, 2.24) is 9.88 Å². The monoisotopic (exact) mass is 414 g/mol. The molecule has 0 radical (unpaired) electrons. The van der Waals surface area contributed by atoms with Gasteiger partial charge in [0.2, 0.25) is 0 Å². The van der Waals surface area contributed by atoms with E-state index in [-0.39, 0.29) is 0 Å². The van der Waals surface area contributed by atoms with Gasteiger partial charge in [0.25, 0.3) is 0 Å². The lowest BCUT2D eigenvalue weighted by atomic mass is 10.0. The summed E-state index contributed by atoms with van der Waals surface area (Å²) in [4.78, 5) is 8.39. The van der Waals surface area contributed by atoms with Crippen molar-refractivity contribution in [3.63, 3.8) is 0 Å². The van der Waals surface area contributed by atoms with Crippen LogP contribution in [0.2, 0.25) is 5.02 Å². The van der Waals surface area contributed by atoms with E-state index in [0.717, 1.165) is 61.3 Å². The van der Waals surface area contributed by atoms with E-state index in [1.54, 1.807) is 0 Å². The van der Waals surface area contributed by atoms with Gasteiger partial charge in [0, 0.05) is 36.5 Å². The topological polar surface area (TPSA) is 16.1 Å². The van der Waals surface area contributed by atoms with Crippen LogP contribution in [0.5, 0.6) is 0 Å². The van der Waals surface area contributed by atoms with Crippen LogP contribution in [-0.4, -0.2) is 29.5 Å². The van der Waals surface area contributed by atoms with Gasteiger partial charge >= 0.3 is 0 Å². The molecule has 0 amide bonds. The molecule has 2 nitrogen and oxygen atoms in total. The van der Waals surface area contributed by atoms with E-state index >= 15 is 0 Å². The summed E-state index contributed by atoms with van der Waals surface area (Å²) >= 11 is 8.43. The highest BCUT2D eigenvalue weighted by Crippen LogP contribution is 2.36. The van der Waals surface area contributed by atoms with Crippen LogP contribution in [0.1, 0.15) is 42.7 Å². The van der Waals surface area contributed by atoms with E-state index in [1.807, 2.05) is 24.0 Å². The molecule has 0 bridgehead atoms. The SMILES string of the molecule is C=CCN1CCc2ccc(Cl)c(SCc3ccc(CCC(C)C)cn3)c2CC1. The third-order valence-corrected chi connectivity index (χ3v) is 6.96. The number of hydrogen-bond acceptors (Lipinski definition) is 3. The van der Waals surface area contributed by atoms with Gasteiger partial charge in [0.05, 0.1) is 10.7 Å². The Morgan fingerprint density at radius 2 is 2.04 bits per heavy atom. The molecule has 1 aliphatic heterocycles. The Labute approximate surface area is 179 Å². The third kappa shape index (κ3) is 5.85. The zero-order valence-corrected chi connectivity index (χ0v) is 18.7. The number of aryl methyl sites for hydroxylation is 1. The number of nitrogens with zero attached hydrogens (tertiary/aromatic N) is 2. The van der Waals surface area contributed by atoms with Crippen LogP contribution < -0.4 is 0 Å². The summed E-state index contributed by atoms with van der Waals surface area (Å²) in [5, 5.41) is 0.870. The smallest absolute Gasteiger partial charge is 0.0544 e. The zero-order chi connectivity index (χ0) is 19.9. The normalized spacial score (nSPS) is 14.7. The summed E-state index contributed by atoms with van der Waals surface area (Å²) in [5.74, 6) is 1.59. The van der Waals surface area contributed by atoms with Crippen molar-refractivity contribution < 1.29 is 0 Å². The van der Waals surface area contributed by atoms with Crippen molar-refractivity contribution in [2.24, 2.45) is 5.92 Å². The fourth-order valence-corrected chi connectivity index (χ4v) is 5.04. The summed E-state index contributed by atoms with van der Waals surface area (Å²) in [7, 11) is 0. The number of fused-ring (bicyclic) bond motifs is 1. The van der Waals surface area contributed by atoms with Crippen molar-refractivity contribution in [3.05, 3.63) is 70.5 Å². The predicted molar refractivity (Wildman–Crippen MR) is 122 cm³/mol. The minimum Gasteiger partial charge on any atom is -0.299 e. The highest BCUT2D eigenvalue weighted by atomic mass is 35.5. The maximum absolute atomic E-state index is 6.60. The molecule has 2 aromatic rings. The maximum atomic E-state index is 6.60. The van der Waals surface area contributed by atoms with Crippen molar-refractivity contribution in [2.45, 2.75) is 50.2 Å². The molecule has 2 heterocycles. The number of pyridine rings is 1. The van der Waals surface area contributed by atoms with Crippen molar-refractivity contribution in [3.8, 4) is 0 Å². The lowest BCUT2D eigenvalue weighted by Gasteiger charge is -2.17. The third-order valence-electron chi connectivity index (χ3n) is 5.33. The second kappa shape index (κ2) is 10.5. The van der Waals surface area contributed by atoms with Gasteiger partial charge in [-0.25, -0.2) is 0 Å². The van der Waals surface area contributed by atoms with Crippen LogP contribution in [0.4, 0.5) is 0 Å². The summed E-state index contributed by atoms with van der Waals surface area (Å²) in [5.41, 5.74) is 5.32. The van der Waals surface area contributed by atoms with Gasteiger partial charge in [-0.05, 0) is 60.4 Å². The Morgan fingerprint density at radius 1 is 1.21 bits per heavy atom. The summed E-state index contributed by atoms with van der Waals surface area (Å²) < 4.78 is 0.